The molecule has 1 aromatic rings. The molecule has 3 N–H and O–H groups in total. The summed E-state index contributed by atoms with van der Waals surface area (Å²) in [7, 11) is 0. The van der Waals surface area contributed by atoms with E-state index in [0.717, 1.165) is 12.2 Å². The summed E-state index contributed by atoms with van der Waals surface area (Å²) in [5, 5.41) is 15.4. The predicted octanol–water partition coefficient (Wildman–Crippen LogP) is 2.11. The number of benzene rings is 1. The summed E-state index contributed by atoms with van der Waals surface area (Å²) in [5.41, 5.74) is 2.37. The Balaban J connectivity index is 1.92. The molecule has 4 nitrogen and oxygen atoms in total. The van der Waals surface area contributed by atoms with Crippen LogP contribution in [0, 0.1) is 5.92 Å². The molecule has 2 atom stereocenters. The number of nitrogens with one attached hydrogen (secondary N) is 2. The van der Waals surface area contributed by atoms with Crippen molar-refractivity contribution in [2.75, 3.05) is 18.5 Å². The Morgan fingerprint density at radius 2 is 2.20 bits per heavy atom. The minimum atomic E-state index is 0.0529. The van der Waals surface area contributed by atoms with Crippen LogP contribution in [0.3, 0.4) is 0 Å². The predicted molar refractivity (Wildman–Crippen MR) is 80.8 cm³/mol. The monoisotopic (exact) mass is 276 g/mol. The van der Waals surface area contributed by atoms with Crippen molar-refractivity contribution in [1.29, 1.82) is 0 Å². The van der Waals surface area contributed by atoms with Crippen LogP contribution in [0.1, 0.15) is 38.2 Å². The fraction of sp³-hybridized carbons (Fsp3) is 0.562. The van der Waals surface area contributed by atoms with E-state index < -0.39 is 0 Å². The Labute approximate surface area is 120 Å². The van der Waals surface area contributed by atoms with Gasteiger partial charge in [-0.2, -0.15) is 0 Å². The normalized spacial score (nSPS) is 18.5. The highest BCUT2D eigenvalue weighted by molar-refractivity contribution is 5.78. The number of fused-ring (bicyclic) bond motifs is 1. The third-order valence-corrected chi connectivity index (χ3v) is 3.96. The molecule has 1 aromatic carbocycles. The summed E-state index contributed by atoms with van der Waals surface area (Å²) >= 11 is 0. The van der Waals surface area contributed by atoms with Gasteiger partial charge in [-0.1, -0.05) is 32.0 Å². The van der Waals surface area contributed by atoms with E-state index in [2.05, 4.69) is 36.6 Å². The third kappa shape index (κ3) is 3.51. The van der Waals surface area contributed by atoms with Gasteiger partial charge in [0.15, 0.2) is 0 Å². The maximum atomic E-state index is 12.2. The third-order valence-electron chi connectivity index (χ3n) is 3.96. The second kappa shape index (κ2) is 6.75. The molecule has 0 radical (unpaired) electrons. The summed E-state index contributed by atoms with van der Waals surface area (Å²) in [4.78, 5) is 12.2. The second-order valence-electron chi connectivity index (χ2n) is 5.80. The van der Waals surface area contributed by atoms with Crippen LogP contribution in [0.2, 0.25) is 0 Å². The number of hydrogen-bond donors (Lipinski definition) is 3. The number of anilines is 1. The maximum absolute atomic E-state index is 12.2. The molecule has 0 spiro atoms. The highest BCUT2D eigenvalue weighted by Crippen LogP contribution is 2.33. The number of aliphatic hydroxyl groups excluding tert-OH is 1. The van der Waals surface area contributed by atoms with Gasteiger partial charge in [0.25, 0.3) is 0 Å². The lowest BCUT2D eigenvalue weighted by atomic mass is 9.96. The van der Waals surface area contributed by atoms with Gasteiger partial charge in [0, 0.05) is 37.2 Å². The number of carbonyl (C=O) groups is 1. The van der Waals surface area contributed by atoms with Crippen LogP contribution in [-0.2, 0) is 4.79 Å². The zero-order chi connectivity index (χ0) is 14.5. The van der Waals surface area contributed by atoms with Crippen LogP contribution >= 0.6 is 0 Å². The number of aliphatic hydroxyl groups is 1. The number of hydrogen-bond acceptors (Lipinski definition) is 3. The number of rotatable bonds is 6. The first-order valence-electron chi connectivity index (χ1n) is 7.34. The second-order valence-corrected chi connectivity index (χ2v) is 5.80. The molecule has 0 bridgehead atoms. The van der Waals surface area contributed by atoms with Crippen molar-refractivity contribution in [3.05, 3.63) is 29.8 Å². The first-order valence-corrected chi connectivity index (χ1v) is 7.34. The molecule has 2 unspecified atom stereocenters. The number of para-hydroxylation sites is 1. The molecule has 0 fully saturated rings. The van der Waals surface area contributed by atoms with Crippen molar-refractivity contribution in [3.8, 4) is 0 Å². The average Bonchev–Trinajstić information content (AvgIpc) is 2.81. The first kappa shape index (κ1) is 14.9. The number of carbonyl (C=O) groups excluding carboxylic acids is 1. The summed E-state index contributed by atoms with van der Waals surface area (Å²) < 4.78 is 0. The van der Waals surface area contributed by atoms with Crippen LogP contribution in [0.5, 0.6) is 0 Å². The van der Waals surface area contributed by atoms with Crippen molar-refractivity contribution in [2.24, 2.45) is 5.92 Å². The van der Waals surface area contributed by atoms with Crippen molar-refractivity contribution in [3.63, 3.8) is 0 Å². The largest absolute Gasteiger partial charge is 0.396 e. The average molecular weight is 276 g/mol. The van der Waals surface area contributed by atoms with Crippen LogP contribution in [-0.4, -0.2) is 30.2 Å². The van der Waals surface area contributed by atoms with Crippen molar-refractivity contribution in [1.82, 2.24) is 5.32 Å². The Morgan fingerprint density at radius 3 is 2.90 bits per heavy atom. The highest BCUT2D eigenvalue weighted by Gasteiger charge is 2.25. The van der Waals surface area contributed by atoms with Gasteiger partial charge in [-0.15, -0.1) is 0 Å². The van der Waals surface area contributed by atoms with Crippen LogP contribution in [0.15, 0.2) is 24.3 Å². The smallest absolute Gasteiger partial charge is 0.220 e. The molecular formula is C16H24N2O2. The first-order chi connectivity index (χ1) is 9.61. The van der Waals surface area contributed by atoms with Gasteiger partial charge in [-0.25, -0.2) is 0 Å². The fourth-order valence-electron chi connectivity index (χ4n) is 2.74. The molecule has 1 heterocycles. The van der Waals surface area contributed by atoms with Gasteiger partial charge in [-0.05, 0) is 24.0 Å². The molecular weight excluding hydrogens is 252 g/mol. The van der Waals surface area contributed by atoms with E-state index in [1.165, 1.54) is 5.56 Å². The quantitative estimate of drug-likeness (QED) is 0.746. The van der Waals surface area contributed by atoms with E-state index in [0.29, 0.717) is 18.8 Å². The van der Waals surface area contributed by atoms with E-state index in [1.807, 2.05) is 12.1 Å². The lowest BCUT2D eigenvalue weighted by molar-refractivity contribution is -0.122. The molecule has 2 rings (SSSR count). The van der Waals surface area contributed by atoms with Crippen LogP contribution in [0.25, 0.3) is 0 Å². The van der Waals surface area contributed by atoms with E-state index in [9.17, 15) is 4.79 Å². The molecule has 20 heavy (non-hydrogen) atoms. The molecule has 1 aliphatic heterocycles. The molecule has 110 valence electrons. The van der Waals surface area contributed by atoms with Crippen molar-refractivity contribution in [2.45, 2.75) is 38.6 Å². The minimum Gasteiger partial charge on any atom is -0.396 e. The van der Waals surface area contributed by atoms with Gasteiger partial charge in [0.1, 0.15) is 0 Å². The lowest BCUT2D eigenvalue weighted by Crippen LogP contribution is -2.39. The van der Waals surface area contributed by atoms with Crippen LogP contribution < -0.4 is 10.6 Å². The maximum Gasteiger partial charge on any atom is 0.220 e. The van der Waals surface area contributed by atoms with Gasteiger partial charge in [-0.3, -0.25) is 4.79 Å². The van der Waals surface area contributed by atoms with E-state index in [-0.39, 0.29) is 24.5 Å². The Bertz CT molecular complexity index is 460. The zero-order valence-electron chi connectivity index (χ0n) is 12.2. The Kier molecular flexibility index (Phi) is 5.01. The topological polar surface area (TPSA) is 61.4 Å². The SMILES string of the molecule is CC(C)C(CCO)NC(=O)CC1CNc2ccccc21. The standard InChI is InChI=1S/C16H24N2O2/c1-11(2)14(7-8-19)18-16(20)9-12-10-17-15-6-4-3-5-13(12)15/h3-6,11-12,14,17,19H,7-10H2,1-2H3,(H,18,20). The van der Waals surface area contributed by atoms with E-state index in [4.69, 9.17) is 5.11 Å². The fourth-order valence-corrected chi connectivity index (χ4v) is 2.74. The molecule has 1 aliphatic rings. The summed E-state index contributed by atoms with van der Waals surface area (Å²) in [6.07, 6.45) is 1.11. The highest BCUT2D eigenvalue weighted by atomic mass is 16.3. The summed E-state index contributed by atoms with van der Waals surface area (Å²) in [5.74, 6) is 0.647. The lowest BCUT2D eigenvalue weighted by Gasteiger charge is -2.22. The van der Waals surface area contributed by atoms with E-state index in [1.54, 1.807) is 0 Å². The molecule has 0 saturated carbocycles. The molecule has 1 amide bonds. The molecule has 0 aromatic heterocycles. The molecule has 4 heteroatoms. The van der Waals surface area contributed by atoms with Crippen LogP contribution in [0.4, 0.5) is 5.69 Å². The molecule has 0 aliphatic carbocycles. The minimum absolute atomic E-state index is 0.0529. The Morgan fingerprint density at radius 1 is 1.45 bits per heavy atom. The molecule has 0 saturated heterocycles. The van der Waals surface area contributed by atoms with Gasteiger partial charge in [0.2, 0.25) is 5.91 Å². The summed E-state index contributed by atoms with van der Waals surface area (Å²) in [6, 6.07) is 8.21. The zero-order valence-corrected chi connectivity index (χ0v) is 12.2. The Hall–Kier alpha value is -1.55. The van der Waals surface area contributed by atoms with Crippen molar-refractivity contribution < 1.29 is 9.90 Å². The van der Waals surface area contributed by atoms with Gasteiger partial charge >= 0.3 is 0 Å². The van der Waals surface area contributed by atoms with Crippen molar-refractivity contribution >= 4 is 11.6 Å². The summed E-state index contributed by atoms with van der Waals surface area (Å²) in [6.45, 7) is 5.05. The number of amides is 1. The van der Waals surface area contributed by atoms with E-state index >= 15 is 0 Å². The van der Waals surface area contributed by atoms with Gasteiger partial charge in [0.05, 0.1) is 0 Å². The van der Waals surface area contributed by atoms with Gasteiger partial charge < -0.3 is 15.7 Å².